The van der Waals surface area contributed by atoms with Crippen LogP contribution in [0.1, 0.15) is 5.56 Å². The Kier molecular flexibility index (Phi) is 3.84. The Hall–Kier alpha value is -1.73. The second kappa shape index (κ2) is 5.55. The standard InChI is InChI=1S/C15H13ClO/c16-11-1-2-12-3-5-13(6-4-12)14-7-9-15(17)10-8-14/h1-10,17H,11H2. The largest absolute Gasteiger partial charge is 0.508 e. The van der Waals surface area contributed by atoms with Gasteiger partial charge in [-0.1, -0.05) is 48.6 Å². The van der Waals surface area contributed by atoms with Gasteiger partial charge in [0, 0.05) is 5.88 Å². The first kappa shape index (κ1) is 11.7. The van der Waals surface area contributed by atoms with Crippen LogP contribution < -0.4 is 0 Å². The molecule has 0 fully saturated rings. The summed E-state index contributed by atoms with van der Waals surface area (Å²) in [5.41, 5.74) is 3.36. The molecule has 86 valence electrons. The Bertz CT molecular complexity index is 497. The van der Waals surface area contributed by atoms with Crippen LogP contribution in [0.3, 0.4) is 0 Å². The predicted octanol–water partition coefficient (Wildman–Crippen LogP) is 4.31. The maximum absolute atomic E-state index is 9.22. The van der Waals surface area contributed by atoms with Crippen molar-refractivity contribution in [2.24, 2.45) is 0 Å². The van der Waals surface area contributed by atoms with E-state index in [1.165, 1.54) is 0 Å². The van der Waals surface area contributed by atoms with Gasteiger partial charge in [0.25, 0.3) is 0 Å². The molecule has 0 spiro atoms. The first-order chi connectivity index (χ1) is 8.29. The van der Waals surface area contributed by atoms with E-state index in [0.717, 1.165) is 16.7 Å². The number of aromatic hydroxyl groups is 1. The lowest BCUT2D eigenvalue weighted by molar-refractivity contribution is 0.475. The zero-order valence-corrected chi connectivity index (χ0v) is 10.1. The molecule has 2 heteroatoms. The fraction of sp³-hybridized carbons (Fsp3) is 0.0667. The molecule has 0 aliphatic carbocycles. The molecular formula is C15H13ClO. The van der Waals surface area contributed by atoms with Crippen LogP contribution in [0.15, 0.2) is 54.6 Å². The van der Waals surface area contributed by atoms with Gasteiger partial charge in [0.05, 0.1) is 0 Å². The summed E-state index contributed by atoms with van der Waals surface area (Å²) in [5, 5.41) is 9.22. The number of hydrogen-bond acceptors (Lipinski definition) is 1. The quantitative estimate of drug-likeness (QED) is 0.798. The van der Waals surface area contributed by atoms with Crippen LogP contribution in [-0.4, -0.2) is 11.0 Å². The van der Waals surface area contributed by atoms with E-state index in [1.54, 1.807) is 12.1 Å². The highest BCUT2D eigenvalue weighted by Gasteiger charge is 1.97. The molecule has 0 saturated carbocycles. The highest BCUT2D eigenvalue weighted by molar-refractivity contribution is 6.19. The van der Waals surface area contributed by atoms with Crippen LogP contribution in [0.5, 0.6) is 5.75 Å². The summed E-state index contributed by atoms with van der Waals surface area (Å²) in [6.07, 6.45) is 3.91. The van der Waals surface area contributed by atoms with Crippen molar-refractivity contribution >= 4 is 17.7 Å². The summed E-state index contributed by atoms with van der Waals surface area (Å²) < 4.78 is 0. The molecule has 2 aromatic rings. The number of benzene rings is 2. The van der Waals surface area contributed by atoms with Crippen molar-refractivity contribution in [2.75, 3.05) is 5.88 Å². The molecule has 0 heterocycles. The van der Waals surface area contributed by atoms with Crippen LogP contribution in [0.2, 0.25) is 0 Å². The molecule has 0 saturated heterocycles. The van der Waals surface area contributed by atoms with E-state index in [2.05, 4.69) is 12.1 Å². The fourth-order valence-corrected chi connectivity index (χ4v) is 1.71. The van der Waals surface area contributed by atoms with E-state index in [9.17, 15) is 5.11 Å². The smallest absolute Gasteiger partial charge is 0.115 e. The molecule has 0 radical (unpaired) electrons. The molecule has 0 amide bonds. The van der Waals surface area contributed by atoms with Gasteiger partial charge >= 0.3 is 0 Å². The Morgan fingerprint density at radius 2 is 1.41 bits per heavy atom. The maximum atomic E-state index is 9.22. The second-order valence-corrected chi connectivity index (χ2v) is 4.03. The van der Waals surface area contributed by atoms with Gasteiger partial charge in [-0.25, -0.2) is 0 Å². The number of phenols is 1. The number of phenolic OH excluding ortho intramolecular Hbond substituents is 1. The summed E-state index contributed by atoms with van der Waals surface area (Å²) in [4.78, 5) is 0. The van der Waals surface area contributed by atoms with Gasteiger partial charge in [-0.05, 0) is 28.8 Å². The molecule has 0 aliphatic heterocycles. The fourth-order valence-electron chi connectivity index (χ4n) is 1.62. The van der Waals surface area contributed by atoms with Crippen LogP contribution in [0.4, 0.5) is 0 Å². The van der Waals surface area contributed by atoms with Crippen molar-refractivity contribution in [3.8, 4) is 16.9 Å². The molecular weight excluding hydrogens is 232 g/mol. The Morgan fingerprint density at radius 3 is 1.94 bits per heavy atom. The third kappa shape index (κ3) is 3.11. The molecule has 0 atom stereocenters. The van der Waals surface area contributed by atoms with Crippen LogP contribution >= 0.6 is 11.6 Å². The first-order valence-electron chi connectivity index (χ1n) is 5.41. The zero-order valence-electron chi connectivity index (χ0n) is 9.31. The van der Waals surface area contributed by atoms with Gasteiger partial charge in [0.15, 0.2) is 0 Å². The minimum Gasteiger partial charge on any atom is -0.508 e. The third-order valence-corrected chi connectivity index (χ3v) is 2.69. The number of alkyl halides is 1. The number of halogens is 1. The minimum absolute atomic E-state index is 0.287. The van der Waals surface area contributed by atoms with Gasteiger partial charge in [-0.15, -0.1) is 11.6 Å². The third-order valence-electron chi connectivity index (χ3n) is 2.51. The topological polar surface area (TPSA) is 20.2 Å². The Balaban J connectivity index is 2.23. The van der Waals surface area contributed by atoms with Crippen molar-refractivity contribution in [1.29, 1.82) is 0 Å². The van der Waals surface area contributed by atoms with E-state index < -0.39 is 0 Å². The van der Waals surface area contributed by atoms with E-state index in [-0.39, 0.29) is 5.75 Å². The van der Waals surface area contributed by atoms with Crippen molar-refractivity contribution < 1.29 is 5.11 Å². The highest BCUT2D eigenvalue weighted by Crippen LogP contribution is 2.22. The van der Waals surface area contributed by atoms with Crippen molar-refractivity contribution in [3.05, 3.63) is 60.2 Å². The van der Waals surface area contributed by atoms with E-state index >= 15 is 0 Å². The molecule has 0 bridgehead atoms. The molecule has 17 heavy (non-hydrogen) atoms. The van der Waals surface area contributed by atoms with E-state index in [1.807, 2.05) is 36.4 Å². The Labute approximate surface area is 106 Å². The average molecular weight is 245 g/mol. The monoisotopic (exact) mass is 244 g/mol. The summed E-state index contributed by atoms with van der Waals surface area (Å²) in [6.45, 7) is 0. The molecule has 0 aromatic heterocycles. The molecule has 2 rings (SSSR count). The normalized spacial score (nSPS) is 10.9. The molecule has 2 aromatic carbocycles. The SMILES string of the molecule is Oc1ccc(-c2ccc(C=CCCl)cc2)cc1. The van der Waals surface area contributed by atoms with Gasteiger partial charge in [-0.2, -0.15) is 0 Å². The zero-order chi connectivity index (χ0) is 12.1. The van der Waals surface area contributed by atoms with Gasteiger partial charge in [0.1, 0.15) is 5.75 Å². The lowest BCUT2D eigenvalue weighted by atomic mass is 10.0. The van der Waals surface area contributed by atoms with E-state index in [4.69, 9.17) is 11.6 Å². The van der Waals surface area contributed by atoms with Crippen molar-refractivity contribution in [2.45, 2.75) is 0 Å². The minimum atomic E-state index is 0.287. The van der Waals surface area contributed by atoms with Crippen LogP contribution in [0.25, 0.3) is 17.2 Å². The van der Waals surface area contributed by atoms with Gasteiger partial charge in [0.2, 0.25) is 0 Å². The molecule has 0 unspecified atom stereocenters. The van der Waals surface area contributed by atoms with E-state index in [0.29, 0.717) is 5.88 Å². The summed E-state index contributed by atoms with van der Waals surface area (Å²) in [5.74, 6) is 0.815. The average Bonchev–Trinajstić information content (AvgIpc) is 2.38. The molecule has 0 aliphatic rings. The molecule has 1 nitrogen and oxygen atoms in total. The Morgan fingerprint density at radius 1 is 0.882 bits per heavy atom. The van der Waals surface area contributed by atoms with Crippen molar-refractivity contribution in [3.63, 3.8) is 0 Å². The highest BCUT2D eigenvalue weighted by atomic mass is 35.5. The molecule has 1 N–H and O–H groups in total. The summed E-state index contributed by atoms with van der Waals surface area (Å²) in [7, 11) is 0. The number of hydrogen-bond donors (Lipinski definition) is 1. The van der Waals surface area contributed by atoms with Crippen molar-refractivity contribution in [1.82, 2.24) is 0 Å². The maximum Gasteiger partial charge on any atom is 0.115 e. The summed E-state index contributed by atoms with van der Waals surface area (Å²) >= 11 is 5.58. The predicted molar refractivity (Wildman–Crippen MR) is 73.3 cm³/mol. The van der Waals surface area contributed by atoms with Gasteiger partial charge < -0.3 is 5.11 Å². The first-order valence-corrected chi connectivity index (χ1v) is 5.95. The lowest BCUT2D eigenvalue weighted by Crippen LogP contribution is -1.78. The second-order valence-electron chi connectivity index (χ2n) is 3.73. The van der Waals surface area contributed by atoms with Crippen LogP contribution in [-0.2, 0) is 0 Å². The lowest BCUT2D eigenvalue weighted by Gasteiger charge is -2.02. The van der Waals surface area contributed by atoms with Crippen LogP contribution in [0, 0.1) is 0 Å². The van der Waals surface area contributed by atoms with Gasteiger partial charge in [-0.3, -0.25) is 0 Å². The number of rotatable bonds is 3. The number of allylic oxidation sites excluding steroid dienone is 1. The summed E-state index contributed by atoms with van der Waals surface area (Å²) in [6, 6.07) is 15.4.